The Hall–Kier alpha value is -2.82. The van der Waals surface area contributed by atoms with E-state index >= 15 is 0 Å². The predicted octanol–water partition coefficient (Wildman–Crippen LogP) is 1.14. The molecule has 2 atom stereocenters. The molecule has 1 aromatic carbocycles. The lowest BCUT2D eigenvalue weighted by Gasteiger charge is -2.21. The molecule has 2 unspecified atom stereocenters. The van der Waals surface area contributed by atoms with Crippen molar-refractivity contribution in [2.45, 2.75) is 45.3 Å². The highest BCUT2D eigenvalue weighted by molar-refractivity contribution is 5.92. The first-order chi connectivity index (χ1) is 12.9. The van der Waals surface area contributed by atoms with E-state index in [-0.39, 0.29) is 12.5 Å². The van der Waals surface area contributed by atoms with Crippen molar-refractivity contribution in [2.24, 2.45) is 11.7 Å². The lowest BCUT2D eigenvalue weighted by molar-refractivity contribution is -0.274. The molecule has 0 aliphatic carbocycles. The minimum Gasteiger partial charge on any atom is -0.481 e. The van der Waals surface area contributed by atoms with Crippen molar-refractivity contribution < 1.29 is 37.4 Å². The Morgan fingerprint density at radius 1 is 1.14 bits per heavy atom. The van der Waals surface area contributed by atoms with Crippen LogP contribution in [-0.4, -0.2) is 41.3 Å². The SMILES string of the molecule is CC(C)C(N)C(=O)NC(CC(=O)O)C(=O)NCc1ccc(OC(F)(F)F)cc1. The number of carboxylic acid groups (broad SMARTS) is 1. The van der Waals surface area contributed by atoms with Crippen molar-refractivity contribution in [1.82, 2.24) is 10.6 Å². The molecule has 0 aliphatic heterocycles. The Morgan fingerprint density at radius 3 is 2.18 bits per heavy atom. The van der Waals surface area contributed by atoms with Gasteiger partial charge in [0.25, 0.3) is 0 Å². The highest BCUT2D eigenvalue weighted by Crippen LogP contribution is 2.22. The molecule has 0 bridgehead atoms. The number of alkyl halides is 3. The van der Waals surface area contributed by atoms with Gasteiger partial charge in [-0.1, -0.05) is 26.0 Å². The number of ether oxygens (including phenoxy) is 1. The topological polar surface area (TPSA) is 131 Å². The van der Waals surface area contributed by atoms with E-state index in [0.717, 1.165) is 12.1 Å². The largest absolute Gasteiger partial charge is 0.573 e. The fraction of sp³-hybridized carbons (Fsp3) is 0.471. The fourth-order valence-corrected chi connectivity index (χ4v) is 2.08. The summed E-state index contributed by atoms with van der Waals surface area (Å²) in [6, 6.07) is 2.51. The van der Waals surface area contributed by atoms with Gasteiger partial charge in [0.15, 0.2) is 0 Å². The average molecular weight is 405 g/mol. The van der Waals surface area contributed by atoms with Crippen LogP contribution in [0.2, 0.25) is 0 Å². The van der Waals surface area contributed by atoms with Crippen LogP contribution >= 0.6 is 0 Å². The highest BCUT2D eigenvalue weighted by Gasteiger charge is 2.31. The molecule has 0 aliphatic rings. The van der Waals surface area contributed by atoms with Crippen LogP contribution in [0.1, 0.15) is 25.8 Å². The Morgan fingerprint density at radius 2 is 1.71 bits per heavy atom. The third-order valence-electron chi connectivity index (χ3n) is 3.66. The van der Waals surface area contributed by atoms with Crippen LogP contribution in [0.15, 0.2) is 24.3 Å². The van der Waals surface area contributed by atoms with E-state index in [9.17, 15) is 27.6 Å². The van der Waals surface area contributed by atoms with Crippen molar-refractivity contribution in [3.8, 4) is 5.75 Å². The number of rotatable bonds is 9. The summed E-state index contributed by atoms with van der Waals surface area (Å²) in [6.45, 7) is 3.30. The maximum atomic E-state index is 12.2. The van der Waals surface area contributed by atoms with Crippen molar-refractivity contribution in [3.05, 3.63) is 29.8 Å². The molecule has 1 rings (SSSR count). The molecule has 0 spiro atoms. The standard InChI is InChI=1S/C17H22F3N3O5/c1-9(2)14(21)16(27)23-12(7-13(24)25)15(26)22-8-10-3-5-11(6-4-10)28-17(18,19)20/h3-6,9,12,14H,7-8,21H2,1-2H3,(H,22,26)(H,23,27)(H,24,25). The van der Waals surface area contributed by atoms with Gasteiger partial charge >= 0.3 is 12.3 Å². The Labute approximate surface area is 159 Å². The van der Waals surface area contributed by atoms with Crippen LogP contribution in [0.3, 0.4) is 0 Å². The van der Waals surface area contributed by atoms with E-state index in [4.69, 9.17) is 10.8 Å². The molecule has 0 fully saturated rings. The highest BCUT2D eigenvalue weighted by atomic mass is 19.4. The van der Waals surface area contributed by atoms with E-state index in [1.807, 2.05) is 0 Å². The van der Waals surface area contributed by atoms with Gasteiger partial charge < -0.3 is 26.2 Å². The number of carbonyl (C=O) groups excluding carboxylic acids is 2. The summed E-state index contributed by atoms with van der Waals surface area (Å²) in [6.07, 6.45) is -5.46. The first kappa shape index (κ1) is 23.2. The molecule has 156 valence electrons. The first-order valence-electron chi connectivity index (χ1n) is 8.29. The van der Waals surface area contributed by atoms with Crippen LogP contribution in [0.4, 0.5) is 13.2 Å². The zero-order valence-corrected chi connectivity index (χ0v) is 15.2. The Kier molecular flexibility index (Phi) is 8.23. The normalized spacial score (nSPS) is 13.5. The zero-order chi connectivity index (χ0) is 21.5. The number of hydrogen-bond acceptors (Lipinski definition) is 5. The lowest BCUT2D eigenvalue weighted by Crippen LogP contribution is -2.53. The molecule has 11 heteroatoms. The first-order valence-corrected chi connectivity index (χ1v) is 8.29. The fourth-order valence-electron chi connectivity index (χ4n) is 2.08. The summed E-state index contributed by atoms with van der Waals surface area (Å²) in [7, 11) is 0. The van der Waals surface area contributed by atoms with Gasteiger partial charge in [0, 0.05) is 6.54 Å². The molecule has 2 amide bonds. The number of nitrogens with two attached hydrogens (primary N) is 1. The van der Waals surface area contributed by atoms with Crippen molar-refractivity contribution in [2.75, 3.05) is 0 Å². The summed E-state index contributed by atoms with van der Waals surface area (Å²) >= 11 is 0. The number of aliphatic carboxylic acids is 1. The molecule has 0 saturated heterocycles. The molecule has 0 aromatic heterocycles. The number of halogens is 3. The second-order valence-electron chi connectivity index (χ2n) is 6.34. The summed E-state index contributed by atoms with van der Waals surface area (Å²) in [5.41, 5.74) is 6.13. The molecule has 8 nitrogen and oxygen atoms in total. The molecule has 1 aromatic rings. The third kappa shape index (κ3) is 8.25. The third-order valence-corrected chi connectivity index (χ3v) is 3.66. The minimum atomic E-state index is -4.81. The van der Waals surface area contributed by atoms with Crippen LogP contribution in [0.25, 0.3) is 0 Å². The van der Waals surface area contributed by atoms with Crippen molar-refractivity contribution in [1.29, 1.82) is 0 Å². The monoisotopic (exact) mass is 405 g/mol. The van der Waals surface area contributed by atoms with Crippen LogP contribution in [0.5, 0.6) is 5.75 Å². The van der Waals surface area contributed by atoms with Crippen LogP contribution < -0.4 is 21.1 Å². The molecule has 0 saturated carbocycles. The number of hydrogen-bond donors (Lipinski definition) is 4. The predicted molar refractivity (Wildman–Crippen MR) is 92.0 cm³/mol. The van der Waals surface area contributed by atoms with Crippen molar-refractivity contribution >= 4 is 17.8 Å². The van der Waals surface area contributed by atoms with Gasteiger partial charge in [0.05, 0.1) is 12.5 Å². The average Bonchev–Trinajstić information content (AvgIpc) is 2.57. The Balaban J connectivity index is 2.69. The lowest BCUT2D eigenvalue weighted by atomic mass is 10.0. The number of amides is 2. The number of benzene rings is 1. The van der Waals surface area contributed by atoms with Crippen LogP contribution in [0, 0.1) is 5.92 Å². The van der Waals surface area contributed by atoms with Gasteiger partial charge in [-0.25, -0.2) is 0 Å². The van der Waals surface area contributed by atoms with Gasteiger partial charge in [-0.05, 0) is 23.6 Å². The quantitative estimate of drug-likeness (QED) is 0.487. The van der Waals surface area contributed by atoms with Gasteiger partial charge in [0.1, 0.15) is 11.8 Å². The van der Waals surface area contributed by atoms with Crippen molar-refractivity contribution in [3.63, 3.8) is 0 Å². The number of carboxylic acids is 1. The molecule has 5 N–H and O–H groups in total. The molecule has 0 radical (unpaired) electrons. The summed E-state index contributed by atoms with van der Waals surface area (Å²) < 4.78 is 40.1. The summed E-state index contributed by atoms with van der Waals surface area (Å²) in [4.78, 5) is 35.2. The van der Waals surface area contributed by atoms with E-state index < -0.39 is 48.4 Å². The van der Waals surface area contributed by atoms with Gasteiger partial charge in [0.2, 0.25) is 11.8 Å². The van der Waals surface area contributed by atoms with Crippen LogP contribution in [-0.2, 0) is 20.9 Å². The van der Waals surface area contributed by atoms with E-state index in [1.165, 1.54) is 12.1 Å². The molecular weight excluding hydrogens is 383 g/mol. The van der Waals surface area contributed by atoms with Gasteiger partial charge in [-0.2, -0.15) is 0 Å². The van der Waals surface area contributed by atoms with E-state index in [0.29, 0.717) is 5.56 Å². The summed E-state index contributed by atoms with van der Waals surface area (Å²) in [5, 5.41) is 13.7. The number of nitrogens with one attached hydrogen (secondary N) is 2. The smallest absolute Gasteiger partial charge is 0.481 e. The maximum Gasteiger partial charge on any atom is 0.573 e. The molecule has 28 heavy (non-hydrogen) atoms. The molecular formula is C17H22F3N3O5. The van der Waals surface area contributed by atoms with Gasteiger partial charge in [-0.15, -0.1) is 13.2 Å². The molecule has 0 heterocycles. The minimum absolute atomic E-state index is 0.0899. The zero-order valence-electron chi connectivity index (χ0n) is 15.2. The second-order valence-corrected chi connectivity index (χ2v) is 6.34. The van der Waals surface area contributed by atoms with Gasteiger partial charge in [-0.3, -0.25) is 14.4 Å². The second kappa shape index (κ2) is 9.93. The number of carbonyl (C=O) groups is 3. The van der Waals surface area contributed by atoms with E-state index in [1.54, 1.807) is 13.8 Å². The van der Waals surface area contributed by atoms with E-state index in [2.05, 4.69) is 15.4 Å². The summed E-state index contributed by atoms with van der Waals surface area (Å²) in [5.74, 6) is -3.35. The Bertz CT molecular complexity index is 692. The maximum absolute atomic E-state index is 12.2.